The Hall–Kier alpha value is -1.87. The molecule has 0 spiro atoms. The molecule has 0 amide bonds. The van der Waals surface area contributed by atoms with E-state index in [1.807, 2.05) is 19.1 Å². The molecule has 0 aliphatic rings. The lowest BCUT2D eigenvalue weighted by atomic mass is 10.1. The van der Waals surface area contributed by atoms with Gasteiger partial charge in [0.1, 0.15) is 4.99 Å². The highest BCUT2D eigenvalue weighted by atomic mass is 32.1. The molecule has 0 unspecified atom stereocenters. The van der Waals surface area contributed by atoms with Crippen molar-refractivity contribution in [2.45, 2.75) is 20.4 Å². The van der Waals surface area contributed by atoms with E-state index in [0.717, 1.165) is 23.4 Å². The van der Waals surface area contributed by atoms with Gasteiger partial charge in [-0.15, -0.1) is 0 Å². The first kappa shape index (κ1) is 13.6. The van der Waals surface area contributed by atoms with Crippen molar-refractivity contribution in [3.8, 4) is 0 Å². The van der Waals surface area contributed by atoms with E-state index in [-0.39, 0.29) is 0 Å². The molecule has 2 nitrogen and oxygen atoms in total. The molecule has 2 aromatic rings. The molecule has 0 fully saturated rings. The van der Waals surface area contributed by atoms with Crippen molar-refractivity contribution in [3.05, 3.63) is 64.7 Å². The van der Waals surface area contributed by atoms with Gasteiger partial charge in [-0.25, -0.2) is 0 Å². The van der Waals surface area contributed by atoms with Crippen molar-refractivity contribution in [2.24, 2.45) is 5.73 Å². The van der Waals surface area contributed by atoms with E-state index < -0.39 is 0 Å². The first-order valence-electron chi connectivity index (χ1n) is 6.26. The van der Waals surface area contributed by atoms with Crippen LogP contribution in [0.3, 0.4) is 0 Å². The third-order valence-corrected chi connectivity index (χ3v) is 3.26. The predicted octanol–water partition coefficient (Wildman–Crippen LogP) is 3.55. The SMILES string of the molecule is Cc1ccc(CNc2ccc(C)cc2C(N)=S)cc1. The van der Waals surface area contributed by atoms with Gasteiger partial charge in [0.25, 0.3) is 0 Å². The average molecular weight is 270 g/mol. The zero-order valence-corrected chi connectivity index (χ0v) is 12.1. The predicted molar refractivity (Wildman–Crippen MR) is 85.6 cm³/mol. The molecule has 2 rings (SSSR count). The second-order valence-electron chi connectivity index (χ2n) is 4.75. The van der Waals surface area contributed by atoms with Crippen LogP contribution in [0.25, 0.3) is 0 Å². The van der Waals surface area contributed by atoms with Crippen LogP contribution < -0.4 is 11.1 Å². The van der Waals surface area contributed by atoms with Gasteiger partial charge >= 0.3 is 0 Å². The largest absolute Gasteiger partial charge is 0.389 e. The molecule has 0 aromatic heterocycles. The summed E-state index contributed by atoms with van der Waals surface area (Å²) in [5.41, 5.74) is 11.3. The first-order valence-corrected chi connectivity index (χ1v) is 6.67. The number of hydrogen-bond donors (Lipinski definition) is 2. The Balaban J connectivity index is 2.15. The highest BCUT2D eigenvalue weighted by Crippen LogP contribution is 2.18. The van der Waals surface area contributed by atoms with Gasteiger partial charge in [-0.1, -0.05) is 53.7 Å². The van der Waals surface area contributed by atoms with Crippen molar-refractivity contribution in [1.29, 1.82) is 0 Å². The Morgan fingerprint density at radius 3 is 2.32 bits per heavy atom. The van der Waals surface area contributed by atoms with Crippen molar-refractivity contribution in [1.82, 2.24) is 0 Å². The van der Waals surface area contributed by atoms with Crippen molar-refractivity contribution >= 4 is 22.9 Å². The molecule has 19 heavy (non-hydrogen) atoms. The fraction of sp³-hybridized carbons (Fsp3) is 0.188. The second kappa shape index (κ2) is 5.85. The van der Waals surface area contributed by atoms with Crippen LogP contribution in [0, 0.1) is 13.8 Å². The van der Waals surface area contributed by atoms with Gasteiger partial charge in [-0.2, -0.15) is 0 Å². The molecule has 0 aliphatic heterocycles. The lowest BCUT2D eigenvalue weighted by molar-refractivity contribution is 1.14. The molecule has 0 atom stereocenters. The zero-order valence-electron chi connectivity index (χ0n) is 11.2. The van der Waals surface area contributed by atoms with E-state index >= 15 is 0 Å². The molecule has 0 heterocycles. The van der Waals surface area contributed by atoms with E-state index in [1.54, 1.807) is 0 Å². The topological polar surface area (TPSA) is 38.0 Å². The molecule has 0 aliphatic carbocycles. The van der Waals surface area contributed by atoms with Crippen molar-refractivity contribution < 1.29 is 0 Å². The minimum Gasteiger partial charge on any atom is -0.389 e. The highest BCUT2D eigenvalue weighted by molar-refractivity contribution is 7.80. The van der Waals surface area contributed by atoms with Gasteiger partial charge in [-0.05, 0) is 31.5 Å². The van der Waals surface area contributed by atoms with Gasteiger partial charge in [-0.3, -0.25) is 0 Å². The molecular formula is C16H18N2S. The molecule has 0 radical (unpaired) electrons. The van der Waals surface area contributed by atoms with E-state index in [1.165, 1.54) is 11.1 Å². The summed E-state index contributed by atoms with van der Waals surface area (Å²) >= 11 is 5.09. The summed E-state index contributed by atoms with van der Waals surface area (Å²) in [6.45, 7) is 4.88. The van der Waals surface area contributed by atoms with E-state index in [4.69, 9.17) is 18.0 Å². The van der Waals surface area contributed by atoms with E-state index in [9.17, 15) is 0 Å². The van der Waals surface area contributed by atoms with Crippen LogP contribution in [0.5, 0.6) is 0 Å². The number of aryl methyl sites for hydroxylation is 2. The number of nitrogens with two attached hydrogens (primary N) is 1. The van der Waals surface area contributed by atoms with Crippen LogP contribution in [0.4, 0.5) is 5.69 Å². The molecule has 3 N–H and O–H groups in total. The molecule has 0 bridgehead atoms. The maximum absolute atomic E-state index is 5.76. The third-order valence-electron chi connectivity index (χ3n) is 3.04. The smallest absolute Gasteiger partial charge is 0.106 e. The molecule has 0 saturated carbocycles. The van der Waals surface area contributed by atoms with Crippen molar-refractivity contribution in [3.63, 3.8) is 0 Å². The van der Waals surface area contributed by atoms with Crippen molar-refractivity contribution in [2.75, 3.05) is 5.32 Å². The standard InChI is InChI=1S/C16H18N2S/c1-11-3-6-13(7-4-11)10-18-15-8-5-12(2)9-14(15)16(17)19/h3-9,18H,10H2,1-2H3,(H2,17,19). The number of nitrogens with one attached hydrogen (secondary N) is 1. The average Bonchev–Trinajstić information content (AvgIpc) is 2.39. The Morgan fingerprint density at radius 2 is 1.68 bits per heavy atom. The lowest BCUT2D eigenvalue weighted by Gasteiger charge is -2.12. The third kappa shape index (κ3) is 3.55. The van der Waals surface area contributed by atoms with Crippen LogP contribution >= 0.6 is 12.2 Å². The summed E-state index contributed by atoms with van der Waals surface area (Å²) in [6, 6.07) is 14.6. The van der Waals surface area contributed by atoms with Gasteiger partial charge in [0.2, 0.25) is 0 Å². The van der Waals surface area contributed by atoms with Crippen LogP contribution in [-0.4, -0.2) is 4.99 Å². The van der Waals surface area contributed by atoms with Gasteiger partial charge in [0.15, 0.2) is 0 Å². The van der Waals surface area contributed by atoms with E-state index in [0.29, 0.717) is 4.99 Å². The molecule has 3 heteroatoms. The number of benzene rings is 2. The fourth-order valence-electron chi connectivity index (χ4n) is 1.92. The zero-order chi connectivity index (χ0) is 13.8. The van der Waals surface area contributed by atoms with Gasteiger partial charge in [0, 0.05) is 17.8 Å². The van der Waals surface area contributed by atoms with Gasteiger partial charge < -0.3 is 11.1 Å². The summed E-state index contributed by atoms with van der Waals surface area (Å²) in [5.74, 6) is 0. The fourth-order valence-corrected chi connectivity index (χ4v) is 2.09. The Bertz CT molecular complexity index is 588. The van der Waals surface area contributed by atoms with Gasteiger partial charge in [0.05, 0.1) is 0 Å². The Labute approximate surface area is 119 Å². The minimum atomic E-state index is 0.426. The molecule has 98 valence electrons. The normalized spacial score (nSPS) is 10.2. The Kier molecular flexibility index (Phi) is 4.17. The number of hydrogen-bond acceptors (Lipinski definition) is 2. The minimum absolute atomic E-state index is 0.426. The molecule has 2 aromatic carbocycles. The van der Waals surface area contributed by atoms with E-state index in [2.05, 4.69) is 42.6 Å². The number of anilines is 1. The lowest BCUT2D eigenvalue weighted by Crippen LogP contribution is -2.13. The monoisotopic (exact) mass is 270 g/mol. The molecule has 0 saturated heterocycles. The number of thiocarbonyl (C=S) groups is 1. The summed E-state index contributed by atoms with van der Waals surface area (Å²) in [6.07, 6.45) is 0. The highest BCUT2D eigenvalue weighted by Gasteiger charge is 2.05. The summed E-state index contributed by atoms with van der Waals surface area (Å²) in [5, 5.41) is 3.39. The second-order valence-corrected chi connectivity index (χ2v) is 5.19. The summed E-state index contributed by atoms with van der Waals surface area (Å²) in [4.78, 5) is 0.426. The van der Waals surface area contributed by atoms with Crippen LogP contribution in [-0.2, 0) is 6.54 Å². The van der Waals surface area contributed by atoms with Crippen LogP contribution in [0.1, 0.15) is 22.3 Å². The summed E-state index contributed by atoms with van der Waals surface area (Å²) < 4.78 is 0. The quantitative estimate of drug-likeness (QED) is 0.834. The number of rotatable bonds is 4. The maximum atomic E-state index is 5.76. The van der Waals surface area contributed by atoms with Crippen LogP contribution in [0.2, 0.25) is 0 Å². The Morgan fingerprint density at radius 1 is 1.05 bits per heavy atom. The maximum Gasteiger partial charge on any atom is 0.106 e. The van der Waals surface area contributed by atoms with Crippen LogP contribution in [0.15, 0.2) is 42.5 Å². The first-order chi connectivity index (χ1) is 9.06. The summed E-state index contributed by atoms with van der Waals surface area (Å²) in [7, 11) is 0. The molecular weight excluding hydrogens is 252 g/mol.